The lowest BCUT2D eigenvalue weighted by atomic mass is 10.1. The molecule has 1 atom stereocenters. The first-order valence-corrected chi connectivity index (χ1v) is 6.51. The van der Waals surface area contributed by atoms with Crippen molar-refractivity contribution in [3.63, 3.8) is 0 Å². The van der Waals surface area contributed by atoms with Crippen LogP contribution in [0.1, 0.15) is 16.0 Å². The SMILES string of the molecule is Brc1ccc2c(c1)[C@@H](Br)c1ccccc1-2. The Bertz CT molecular complexity index is 532. The maximum Gasteiger partial charge on any atom is 0.0656 e. The van der Waals surface area contributed by atoms with Gasteiger partial charge in [-0.2, -0.15) is 0 Å². The van der Waals surface area contributed by atoms with Gasteiger partial charge in [-0.1, -0.05) is 62.2 Å². The molecule has 0 saturated heterocycles. The van der Waals surface area contributed by atoms with Crippen LogP contribution in [0.3, 0.4) is 0 Å². The smallest absolute Gasteiger partial charge is 0.0656 e. The molecule has 0 aromatic heterocycles. The lowest BCUT2D eigenvalue weighted by Crippen LogP contribution is -1.84. The molecule has 1 aliphatic carbocycles. The van der Waals surface area contributed by atoms with Gasteiger partial charge in [0.25, 0.3) is 0 Å². The summed E-state index contributed by atoms with van der Waals surface area (Å²) in [6.07, 6.45) is 0. The normalized spacial score (nSPS) is 17.3. The summed E-state index contributed by atoms with van der Waals surface area (Å²) in [5.41, 5.74) is 5.41. The summed E-state index contributed by atoms with van der Waals surface area (Å²) in [6, 6.07) is 15.0. The number of rotatable bonds is 0. The number of hydrogen-bond donors (Lipinski definition) is 0. The van der Waals surface area contributed by atoms with E-state index in [4.69, 9.17) is 0 Å². The second-order valence-electron chi connectivity index (χ2n) is 3.68. The summed E-state index contributed by atoms with van der Waals surface area (Å²) in [5, 5.41) is 0. The second-order valence-corrected chi connectivity index (χ2v) is 5.51. The zero-order valence-electron chi connectivity index (χ0n) is 7.87. The topological polar surface area (TPSA) is 0 Å². The van der Waals surface area contributed by atoms with E-state index in [0.29, 0.717) is 4.83 Å². The lowest BCUT2D eigenvalue weighted by Gasteiger charge is -2.03. The second kappa shape index (κ2) is 3.46. The van der Waals surface area contributed by atoms with Gasteiger partial charge in [-0.3, -0.25) is 0 Å². The third-order valence-corrected chi connectivity index (χ3v) is 4.29. The molecule has 1 aliphatic rings. The van der Waals surface area contributed by atoms with Gasteiger partial charge in [0.15, 0.2) is 0 Å². The van der Waals surface area contributed by atoms with Crippen molar-refractivity contribution < 1.29 is 0 Å². The molecule has 0 bridgehead atoms. The van der Waals surface area contributed by atoms with Crippen LogP contribution < -0.4 is 0 Å². The fourth-order valence-electron chi connectivity index (χ4n) is 2.12. The molecule has 0 nitrogen and oxygen atoms in total. The Morgan fingerprint density at radius 2 is 1.60 bits per heavy atom. The summed E-state index contributed by atoms with van der Waals surface area (Å²) in [7, 11) is 0. The Morgan fingerprint density at radius 1 is 0.867 bits per heavy atom. The average Bonchev–Trinajstić information content (AvgIpc) is 2.54. The minimum absolute atomic E-state index is 0.334. The zero-order chi connectivity index (χ0) is 10.4. The van der Waals surface area contributed by atoms with E-state index in [-0.39, 0.29) is 0 Å². The van der Waals surface area contributed by atoms with E-state index in [0.717, 1.165) is 4.47 Å². The summed E-state index contributed by atoms with van der Waals surface area (Å²) in [4.78, 5) is 0.334. The summed E-state index contributed by atoms with van der Waals surface area (Å²) in [6.45, 7) is 0. The molecule has 2 heteroatoms. The molecule has 2 aromatic carbocycles. The summed E-state index contributed by atoms with van der Waals surface area (Å²) >= 11 is 7.27. The summed E-state index contributed by atoms with van der Waals surface area (Å²) < 4.78 is 1.14. The van der Waals surface area contributed by atoms with Crippen LogP contribution in [0.25, 0.3) is 11.1 Å². The predicted octanol–water partition coefficient (Wildman–Crippen LogP) is 4.91. The largest absolute Gasteiger partial charge is 0.0786 e. The minimum Gasteiger partial charge on any atom is -0.0786 e. The molecule has 0 fully saturated rings. The molecule has 0 N–H and O–H groups in total. The first kappa shape index (κ1) is 9.61. The van der Waals surface area contributed by atoms with Crippen LogP contribution in [0.15, 0.2) is 46.9 Å². The van der Waals surface area contributed by atoms with Crippen LogP contribution in [-0.2, 0) is 0 Å². The lowest BCUT2D eigenvalue weighted by molar-refractivity contribution is 1.24. The van der Waals surface area contributed by atoms with Gasteiger partial charge in [-0.25, -0.2) is 0 Å². The number of alkyl halides is 1. The third-order valence-electron chi connectivity index (χ3n) is 2.81. The van der Waals surface area contributed by atoms with Crippen molar-refractivity contribution >= 4 is 31.9 Å². The first-order valence-electron chi connectivity index (χ1n) is 4.80. The van der Waals surface area contributed by atoms with Crippen LogP contribution in [0.2, 0.25) is 0 Å². The van der Waals surface area contributed by atoms with E-state index >= 15 is 0 Å². The van der Waals surface area contributed by atoms with Gasteiger partial charge < -0.3 is 0 Å². The molecule has 0 unspecified atom stereocenters. The maximum atomic E-state index is 3.75. The molecule has 2 aromatic rings. The van der Waals surface area contributed by atoms with Crippen LogP contribution in [-0.4, -0.2) is 0 Å². The van der Waals surface area contributed by atoms with Gasteiger partial charge in [-0.15, -0.1) is 0 Å². The van der Waals surface area contributed by atoms with E-state index in [9.17, 15) is 0 Å². The Hall–Kier alpha value is -0.600. The highest BCUT2D eigenvalue weighted by molar-refractivity contribution is 9.10. The standard InChI is InChI=1S/C13H8Br2/c14-8-5-6-10-9-3-1-2-4-11(9)13(15)12(10)7-8/h1-7,13H/t13-/m0/s1. The predicted molar refractivity (Wildman–Crippen MR) is 70.3 cm³/mol. The van der Waals surface area contributed by atoms with Crippen molar-refractivity contribution in [2.24, 2.45) is 0 Å². The fourth-order valence-corrected chi connectivity index (χ4v) is 3.28. The zero-order valence-corrected chi connectivity index (χ0v) is 11.0. The highest BCUT2D eigenvalue weighted by Crippen LogP contribution is 2.48. The van der Waals surface area contributed by atoms with Crippen molar-refractivity contribution in [2.75, 3.05) is 0 Å². The van der Waals surface area contributed by atoms with Crippen molar-refractivity contribution in [3.8, 4) is 11.1 Å². The number of fused-ring (bicyclic) bond motifs is 3. The third kappa shape index (κ3) is 1.39. The molecule has 0 radical (unpaired) electrons. The van der Waals surface area contributed by atoms with E-state index in [1.807, 2.05) is 0 Å². The summed E-state index contributed by atoms with van der Waals surface area (Å²) in [5.74, 6) is 0. The minimum atomic E-state index is 0.334. The van der Waals surface area contributed by atoms with Gasteiger partial charge in [-0.05, 0) is 34.4 Å². The first-order chi connectivity index (χ1) is 7.27. The maximum absolute atomic E-state index is 3.75. The van der Waals surface area contributed by atoms with Crippen LogP contribution in [0.5, 0.6) is 0 Å². The molecule has 0 amide bonds. The number of benzene rings is 2. The van der Waals surface area contributed by atoms with Crippen LogP contribution in [0.4, 0.5) is 0 Å². The van der Waals surface area contributed by atoms with Gasteiger partial charge in [0.2, 0.25) is 0 Å². The molecule has 0 aliphatic heterocycles. The fraction of sp³-hybridized carbons (Fsp3) is 0.0769. The Labute approximate surface area is 106 Å². The van der Waals surface area contributed by atoms with Crippen LogP contribution >= 0.6 is 31.9 Å². The molecular weight excluding hydrogens is 316 g/mol. The van der Waals surface area contributed by atoms with Gasteiger partial charge >= 0.3 is 0 Å². The van der Waals surface area contributed by atoms with E-state index < -0.39 is 0 Å². The van der Waals surface area contributed by atoms with Gasteiger partial charge in [0.05, 0.1) is 4.83 Å². The Kier molecular flexibility index (Phi) is 2.22. The molecular formula is C13H8Br2. The Balaban J connectivity index is 2.32. The highest BCUT2D eigenvalue weighted by Gasteiger charge is 2.25. The van der Waals surface area contributed by atoms with Crippen molar-refractivity contribution in [2.45, 2.75) is 4.83 Å². The van der Waals surface area contributed by atoms with Crippen molar-refractivity contribution in [1.29, 1.82) is 0 Å². The van der Waals surface area contributed by atoms with E-state index in [2.05, 4.69) is 74.3 Å². The van der Waals surface area contributed by atoms with Gasteiger partial charge in [0.1, 0.15) is 0 Å². The van der Waals surface area contributed by atoms with Gasteiger partial charge in [0, 0.05) is 4.47 Å². The molecule has 74 valence electrons. The molecule has 0 heterocycles. The molecule has 3 rings (SSSR count). The number of hydrogen-bond acceptors (Lipinski definition) is 0. The molecule has 0 spiro atoms. The van der Waals surface area contributed by atoms with Crippen molar-refractivity contribution in [3.05, 3.63) is 58.1 Å². The highest BCUT2D eigenvalue weighted by atomic mass is 79.9. The average molecular weight is 324 g/mol. The van der Waals surface area contributed by atoms with Crippen LogP contribution in [0, 0.1) is 0 Å². The van der Waals surface area contributed by atoms with E-state index in [1.165, 1.54) is 22.3 Å². The van der Waals surface area contributed by atoms with Crippen molar-refractivity contribution in [1.82, 2.24) is 0 Å². The monoisotopic (exact) mass is 322 g/mol. The molecule has 15 heavy (non-hydrogen) atoms. The number of halogens is 2. The Morgan fingerprint density at radius 3 is 2.47 bits per heavy atom. The molecule has 0 saturated carbocycles. The quantitative estimate of drug-likeness (QED) is 0.604. The van der Waals surface area contributed by atoms with E-state index in [1.54, 1.807) is 0 Å².